The number of amides is 1. The quantitative estimate of drug-likeness (QED) is 0.757. The lowest BCUT2D eigenvalue weighted by atomic mass is 10.1. The Kier molecular flexibility index (Phi) is 6.19. The van der Waals surface area contributed by atoms with Crippen LogP contribution < -0.4 is 4.74 Å². The van der Waals surface area contributed by atoms with Gasteiger partial charge in [0, 0.05) is 32.6 Å². The molecule has 1 saturated carbocycles. The molecule has 6 nitrogen and oxygen atoms in total. The van der Waals surface area contributed by atoms with Crippen LogP contribution >= 0.6 is 0 Å². The molecule has 2 aliphatic rings. The van der Waals surface area contributed by atoms with Crippen LogP contribution in [0, 0.1) is 0 Å². The summed E-state index contributed by atoms with van der Waals surface area (Å²) in [7, 11) is -1.56. The lowest BCUT2D eigenvalue weighted by molar-refractivity contribution is -0.132. The van der Waals surface area contributed by atoms with Crippen molar-refractivity contribution in [1.82, 2.24) is 9.21 Å². The molecule has 1 saturated heterocycles. The van der Waals surface area contributed by atoms with Crippen molar-refractivity contribution in [3.05, 3.63) is 29.8 Å². The Morgan fingerprint density at radius 2 is 1.69 bits per heavy atom. The summed E-state index contributed by atoms with van der Waals surface area (Å²) in [5, 5.41) is -0.208. The number of methoxy groups -OCH3 is 1. The summed E-state index contributed by atoms with van der Waals surface area (Å²) < 4.78 is 32.0. The molecular weight excluding hydrogens is 352 g/mol. The largest absolute Gasteiger partial charge is 0.497 e. The standard InChI is InChI=1S/C19H28N2O4S/c1-25-17-9-6-16(7-10-17)8-11-19(22)20-12-14-21(15-13-20)26(23,24)18-4-2-3-5-18/h6-7,9-10,18H,2-5,8,11-15H2,1H3. The van der Waals surface area contributed by atoms with Crippen molar-refractivity contribution in [2.75, 3.05) is 33.3 Å². The minimum Gasteiger partial charge on any atom is -0.497 e. The van der Waals surface area contributed by atoms with E-state index in [2.05, 4.69) is 0 Å². The highest BCUT2D eigenvalue weighted by atomic mass is 32.2. The maximum Gasteiger partial charge on any atom is 0.222 e. The van der Waals surface area contributed by atoms with E-state index in [0.717, 1.165) is 37.0 Å². The molecule has 1 amide bonds. The van der Waals surface area contributed by atoms with Gasteiger partial charge in [0.25, 0.3) is 0 Å². The highest BCUT2D eigenvalue weighted by molar-refractivity contribution is 7.89. The summed E-state index contributed by atoms with van der Waals surface area (Å²) in [5.41, 5.74) is 1.10. The van der Waals surface area contributed by atoms with E-state index in [1.54, 1.807) is 16.3 Å². The van der Waals surface area contributed by atoms with Crippen molar-refractivity contribution >= 4 is 15.9 Å². The molecular formula is C19H28N2O4S. The third-order valence-corrected chi connectivity index (χ3v) is 7.86. The van der Waals surface area contributed by atoms with Gasteiger partial charge in [-0.15, -0.1) is 0 Å². The number of rotatable bonds is 6. The molecule has 3 rings (SSSR count). The maximum atomic E-state index is 12.6. The van der Waals surface area contributed by atoms with Crippen molar-refractivity contribution in [3.63, 3.8) is 0 Å². The summed E-state index contributed by atoms with van der Waals surface area (Å²) in [6.45, 7) is 1.83. The third-order valence-electron chi connectivity index (χ3n) is 5.46. The first-order valence-corrected chi connectivity index (χ1v) is 10.9. The van der Waals surface area contributed by atoms with E-state index >= 15 is 0 Å². The number of hydrogen-bond donors (Lipinski definition) is 0. The second-order valence-electron chi connectivity index (χ2n) is 7.08. The van der Waals surface area contributed by atoms with Crippen LogP contribution in [0.15, 0.2) is 24.3 Å². The van der Waals surface area contributed by atoms with Crippen LogP contribution in [0.5, 0.6) is 5.75 Å². The van der Waals surface area contributed by atoms with Crippen LogP contribution in [0.2, 0.25) is 0 Å². The van der Waals surface area contributed by atoms with Crippen molar-refractivity contribution in [3.8, 4) is 5.75 Å². The fraction of sp³-hybridized carbons (Fsp3) is 0.632. The van der Waals surface area contributed by atoms with Gasteiger partial charge in [-0.05, 0) is 37.0 Å². The SMILES string of the molecule is COc1ccc(CCC(=O)N2CCN(S(=O)(=O)C3CCCC3)CC2)cc1. The second-order valence-corrected chi connectivity index (χ2v) is 9.29. The van der Waals surface area contributed by atoms with Gasteiger partial charge in [-0.2, -0.15) is 4.31 Å². The molecule has 144 valence electrons. The van der Waals surface area contributed by atoms with E-state index < -0.39 is 10.0 Å². The molecule has 0 bridgehead atoms. The van der Waals surface area contributed by atoms with Crippen LogP contribution in [0.25, 0.3) is 0 Å². The lowest BCUT2D eigenvalue weighted by Crippen LogP contribution is -2.52. The predicted molar refractivity (Wildman–Crippen MR) is 101 cm³/mol. The van der Waals surface area contributed by atoms with Gasteiger partial charge in [-0.25, -0.2) is 8.42 Å². The van der Waals surface area contributed by atoms with E-state index in [1.807, 2.05) is 24.3 Å². The Hall–Kier alpha value is -1.60. The number of nitrogens with zero attached hydrogens (tertiary/aromatic N) is 2. The van der Waals surface area contributed by atoms with Gasteiger partial charge in [0.05, 0.1) is 12.4 Å². The number of aryl methyl sites for hydroxylation is 1. The number of benzene rings is 1. The van der Waals surface area contributed by atoms with Gasteiger partial charge < -0.3 is 9.64 Å². The first-order chi connectivity index (χ1) is 12.5. The summed E-state index contributed by atoms with van der Waals surface area (Å²) in [5.74, 6) is 0.901. The number of hydrogen-bond acceptors (Lipinski definition) is 4. The molecule has 0 unspecified atom stereocenters. The van der Waals surface area contributed by atoms with Crippen LogP contribution in [0.1, 0.15) is 37.7 Å². The van der Waals surface area contributed by atoms with Crippen molar-refractivity contribution in [1.29, 1.82) is 0 Å². The molecule has 0 radical (unpaired) electrons. The highest BCUT2D eigenvalue weighted by Gasteiger charge is 2.36. The van der Waals surface area contributed by atoms with Crippen LogP contribution in [-0.4, -0.2) is 62.1 Å². The van der Waals surface area contributed by atoms with E-state index in [1.165, 1.54) is 0 Å². The van der Waals surface area contributed by atoms with Gasteiger partial charge in [0.1, 0.15) is 5.75 Å². The summed E-state index contributed by atoms with van der Waals surface area (Å²) in [6.07, 6.45) is 4.71. The zero-order valence-electron chi connectivity index (χ0n) is 15.4. The normalized spacial score (nSPS) is 19.7. The highest BCUT2D eigenvalue weighted by Crippen LogP contribution is 2.27. The molecule has 0 aromatic heterocycles. The number of carbonyl (C=O) groups is 1. The molecule has 2 fully saturated rings. The Morgan fingerprint density at radius 1 is 1.08 bits per heavy atom. The van der Waals surface area contributed by atoms with E-state index in [9.17, 15) is 13.2 Å². The number of carbonyl (C=O) groups excluding carboxylic acids is 1. The molecule has 1 aliphatic carbocycles. The summed E-state index contributed by atoms with van der Waals surface area (Å²) in [4.78, 5) is 14.2. The average Bonchev–Trinajstić information content (AvgIpc) is 3.22. The van der Waals surface area contributed by atoms with Crippen LogP contribution in [-0.2, 0) is 21.2 Å². The molecule has 0 N–H and O–H groups in total. The van der Waals surface area contributed by atoms with Gasteiger partial charge in [0.15, 0.2) is 0 Å². The molecule has 1 aliphatic heterocycles. The average molecular weight is 381 g/mol. The van der Waals surface area contributed by atoms with Gasteiger partial charge >= 0.3 is 0 Å². The molecule has 1 aromatic rings. The van der Waals surface area contributed by atoms with Crippen LogP contribution in [0.3, 0.4) is 0 Å². The van der Waals surface area contributed by atoms with Crippen LogP contribution in [0.4, 0.5) is 0 Å². The number of ether oxygens (including phenoxy) is 1. The lowest BCUT2D eigenvalue weighted by Gasteiger charge is -2.35. The number of sulfonamides is 1. The van der Waals surface area contributed by atoms with Gasteiger partial charge in [0.2, 0.25) is 15.9 Å². The van der Waals surface area contributed by atoms with Gasteiger partial charge in [-0.3, -0.25) is 4.79 Å². The molecule has 26 heavy (non-hydrogen) atoms. The Labute approximate surface area is 156 Å². The third kappa shape index (κ3) is 4.38. The zero-order chi connectivity index (χ0) is 18.6. The minimum atomic E-state index is -3.19. The molecule has 0 spiro atoms. The Morgan fingerprint density at radius 3 is 2.27 bits per heavy atom. The van der Waals surface area contributed by atoms with Gasteiger partial charge in [-0.1, -0.05) is 25.0 Å². The molecule has 0 atom stereocenters. The zero-order valence-corrected chi connectivity index (χ0v) is 16.2. The topological polar surface area (TPSA) is 66.9 Å². The number of piperazine rings is 1. The van der Waals surface area contributed by atoms with Crippen molar-refractivity contribution < 1.29 is 17.9 Å². The first-order valence-electron chi connectivity index (χ1n) is 9.40. The maximum absolute atomic E-state index is 12.6. The molecule has 1 aromatic carbocycles. The minimum absolute atomic E-state index is 0.0960. The van der Waals surface area contributed by atoms with E-state index in [0.29, 0.717) is 39.0 Å². The second kappa shape index (κ2) is 8.39. The van der Waals surface area contributed by atoms with E-state index in [-0.39, 0.29) is 11.2 Å². The summed E-state index contributed by atoms with van der Waals surface area (Å²) in [6, 6.07) is 7.73. The monoisotopic (exact) mass is 380 g/mol. The van der Waals surface area contributed by atoms with E-state index in [4.69, 9.17) is 4.74 Å². The summed E-state index contributed by atoms with van der Waals surface area (Å²) >= 11 is 0. The fourth-order valence-corrected chi connectivity index (χ4v) is 5.81. The van der Waals surface area contributed by atoms with Crippen molar-refractivity contribution in [2.45, 2.75) is 43.8 Å². The fourth-order valence-electron chi connectivity index (χ4n) is 3.79. The first kappa shape index (κ1) is 19.2. The molecule has 7 heteroatoms. The smallest absolute Gasteiger partial charge is 0.222 e. The molecule has 1 heterocycles. The Balaban J connectivity index is 1.47. The van der Waals surface area contributed by atoms with Crippen molar-refractivity contribution in [2.24, 2.45) is 0 Å². The Bertz CT molecular complexity index is 704. The predicted octanol–water partition coefficient (Wildman–Crippen LogP) is 2.04.